The van der Waals surface area contributed by atoms with Gasteiger partial charge in [0, 0.05) is 37.8 Å². The predicted octanol–water partition coefficient (Wildman–Crippen LogP) is 3.75. The number of carbonyl (C=O) groups excluding carboxylic acids is 2. The van der Waals surface area contributed by atoms with Gasteiger partial charge in [-0.05, 0) is 42.5 Å². The highest BCUT2D eigenvalue weighted by Gasteiger charge is 2.36. The van der Waals surface area contributed by atoms with Crippen molar-refractivity contribution >= 4 is 17.5 Å². The second kappa shape index (κ2) is 8.53. The molecule has 180 valence electrons. The van der Waals surface area contributed by atoms with Gasteiger partial charge in [0.05, 0.1) is 12.0 Å². The summed E-state index contributed by atoms with van der Waals surface area (Å²) in [6.45, 7) is 0.831. The molecule has 1 aliphatic heterocycles. The molecule has 1 saturated heterocycles. The molecule has 0 aliphatic carbocycles. The minimum atomic E-state index is -4.78. The standard InChI is InChI=1S/C23H17F4N5O3/c24-15-5-3-14(4-6-15)16-12-19(23(25,26)27)32-20(28-16)13-17(29-32)21(33)30-7-9-31(10-8-30)22(34)18-2-1-11-35-18/h1-6,11-13H,7-10H2. The third kappa shape index (κ3) is 4.34. The van der Waals surface area contributed by atoms with Crippen molar-refractivity contribution in [1.82, 2.24) is 24.4 Å². The van der Waals surface area contributed by atoms with Crippen LogP contribution >= 0.6 is 0 Å². The second-order valence-electron chi connectivity index (χ2n) is 7.89. The highest BCUT2D eigenvalue weighted by molar-refractivity contribution is 5.94. The largest absolute Gasteiger partial charge is 0.459 e. The number of halogens is 4. The number of furan rings is 1. The number of amides is 2. The number of fused-ring (bicyclic) bond motifs is 1. The first kappa shape index (κ1) is 22.6. The van der Waals surface area contributed by atoms with Gasteiger partial charge in [-0.3, -0.25) is 9.59 Å². The van der Waals surface area contributed by atoms with Gasteiger partial charge >= 0.3 is 6.18 Å². The Morgan fingerprint density at radius 3 is 2.17 bits per heavy atom. The summed E-state index contributed by atoms with van der Waals surface area (Å²) in [5, 5.41) is 3.89. The Balaban J connectivity index is 1.41. The van der Waals surface area contributed by atoms with Gasteiger partial charge in [-0.15, -0.1) is 0 Å². The Hall–Kier alpha value is -4.22. The van der Waals surface area contributed by atoms with Crippen LogP contribution in [0.15, 0.2) is 59.2 Å². The van der Waals surface area contributed by atoms with Crippen LogP contribution in [-0.4, -0.2) is 62.4 Å². The molecule has 0 saturated carbocycles. The van der Waals surface area contributed by atoms with Crippen molar-refractivity contribution < 1.29 is 31.6 Å². The molecule has 8 nitrogen and oxygen atoms in total. The molecule has 0 N–H and O–H groups in total. The number of hydrogen-bond acceptors (Lipinski definition) is 5. The van der Waals surface area contributed by atoms with E-state index < -0.39 is 23.6 Å². The summed E-state index contributed by atoms with van der Waals surface area (Å²) >= 11 is 0. The molecule has 0 unspecified atom stereocenters. The van der Waals surface area contributed by atoms with Crippen LogP contribution in [0.5, 0.6) is 0 Å². The summed E-state index contributed by atoms with van der Waals surface area (Å²) in [5.74, 6) is -1.22. The summed E-state index contributed by atoms with van der Waals surface area (Å²) in [5.41, 5.74) is -1.24. The monoisotopic (exact) mass is 487 g/mol. The maximum Gasteiger partial charge on any atom is 0.433 e. The molecule has 0 atom stereocenters. The predicted molar refractivity (Wildman–Crippen MR) is 114 cm³/mol. The van der Waals surface area contributed by atoms with E-state index in [1.807, 2.05) is 0 Å². The van der Waals surface area contributed by atoms with Crippen molar-refractivity contribution in [3.8, 4) is 11.3 Å². The molecule has 1 aliphatic rings. The SMILES string of the molecule is O=C(c1cc2nc(-c3ccc(F)cc3)cc(C(F)(F)F)n2n1)N1CCN(C(=O)c2ccco2)CC1. The lowest BCUT2D eigenvalue weighted by molar-refractivity contribution is -0.142. The molecule has 2 amide bonds. The van der Waals surface area contributed by atoms with Crippen LogP contribution in [-0.2, 0) is 6.18 Å². The first-order valence-corrected chi connectivity index (χ1v) is 10.6. The Morgan fingerprint density at radius 1 is 0.914 bits per heavy atom. The maximum absolute atomic E-state index is 13.8. The fourth-order valence-corrected chi connectivity index (χ4v) is 3.88. The first-order valence-electron chi connectivity index (χ1n) is 10.6. The number of aromatic nitrogens is 3. The lowest BCUT2D eigenvalue weighted by Gasteiger charge is -2.33. The lowest BCUT2D eigenvalue weighted by atomic mass is 10.1. The van der Waals surface area contributed by atoms with E-state index in [0.717, 1.165) is 18.2 Å². The second-order valence-corrected chi connectivity index (χ2v) is 7.89. The van der Waals surface area contributed by atoms with E-state index in [1.165, 1.54) is 34.3 Å². The van der Waals surface area contributed by atoms with Gasteiger partial charge in [0.15, 0.2) is 22.8 Å². The van der Waals surface area contributed by atoms with Crippen LogP contribution in [0.2, 0.25) is 0 Å². The van der Waals surface area contributed by atoms with Gasteiger partial charge in [0.25, 0.3) is 11.8 Å². The molecule has 0 radical (unpaired) electrons. The molecular weight excluding hydrogens is 470 g/mol. The van der Waals surface area contributed by atoms with Gasteiger partial charge < -0.3 is 14.2 Å². The molecule has 1 fully saturated rings. The van der Waals surface area contributed by atoms with Gasteiger partial charge in [0.2, 0.25) is 0 Å². The molecule has 12 heteroatoms. The van der Waals surface area contributed by atoms with Crippen LogP contribution in [0.4, 0.5) is 17.6 Å². The van der Waals surface area contributed by atoms with E-state index in [0.29, 0.717) is 4.52 Å². The quantitative estimate of drug-likeness (QED) is 0.411. The smallest absolute Gasteiger partial charge is 0.433 e. The Kier molecular flexibility index (Phi) is 5.50. The van der Waals surface area contributed by atoms with Crippen LogP contribution in [0.3, 0.4) is 0 Å². The number of hydrogen-bond donors (Lipinski definition) is 0. The fourth-order valence-electron chi connectivity index (χ4n) is 3.88. The van der Waals surface area contributed by atoms with Gasteiger partial charge in [-0.2, -0.15) is 18.3 Å². The van der Waals surface area contributed by atoms with E-state index >= 15 is 0 Å². The zero-order valence-corrected chi connectivity index (χ0v) is 18.0. The molecule has 0 bridgehead atoms. The van der Waals surface area contributed by atoms with Gasteiger partial charge in [-0.1, -0.05) is 0 Å². The van der Waals surface area contributed by atoms with Crippen molar-refractivity contribution in [2.45, 2.75) is 6.18 Å². The molecule has 5 rings (SSSR count). The first-order chi connectivity index (χ1) is 16.7. The zero-order chi connectivity index (χ0) is 24.7. The molecular formula is C23H17F4N5O3. The molecule has 0 spiro atoms. The molecule has 3 aromatic heterocycles. The number of rotatable bonds is 3. The Labute approximate surface area is 195 Å². The van der Waals surface area contributed by atoms with Crippen molar-refractivity contribution in [1.29, 1.82) is 0 Å². The highest BCUT2D eigenvalue weighted by atomic mass is 19.4. The summed E-state index contributed by atoms with van der Waals surface area (Å²) in [6, 6.07) is 10.0. The minimum absolute atomic E-state index is 0.0335. The number of nitrogens with zero attached hydrogens (tertiary/aromatic N) is 5. The molecule has 1 aromatic carbocycles. The highest BCUT2D eigenvalue weighted by Crippen LogP contribution is 2.32. The van der Waals surface area contributed by atoms with E-state index in [4.69, 9.17) is 4.42 Å². The summed E-state index contributed by atoms with van der Waals surface area (Å²) in [7, 11) is 0. The fraction of sp³-hybridized carbons (Fsp3) is 0.217. The average Bonchev–Trinajstić information content (AvgIpc) is 3.53. The normalized spacial score (nSPS) is 14.5. The van der Waals surface area contributed by atoms with E-state index in [2.05, 4.69) is 10.1 Å². The third-order valence-corrected chi connectivity index (χ3v) is 5.66. The molecule has 4 aromatic rings. The van der Waals surface area contributed by atoms with Crippen molar-refractivity contribution in [3.63, 3.8) is 0 Å². The summed E-state index contributed by atoms with van der Waals surface area (Å²) < 4.78 is 60.3. The van der Waals surface area contributed by atoms with Crippen LogP contribution in [0.1, 0.15) is 26.7 Å². The number of alkyl halides is 3. The Bertz CT molecular complexity index is 1390. The van der Waals surface area contributed by atoms with Crippen molar-refractivity contribution in [2.24, 2.45) is 0 Å². The number of carbonyl (C=O) groups is 2. The summed E-state index contributed by atoms with van der Waals surface area (Å²) in [4.78, 5) is 32.6. The van der Waals surface area contributed by atoms with Gasteiger partial charge in [0.1, 0.15) is 5.82 Å². The van der Waals surface area contributed by atoms with Crippen LogP contribution in [0.25, 0.3) is 16.9 Å². The van der Waals surface area contributed by atoms with E-state index in [9.17, 15) is 27.2 Å². The summed E-state index contributed by atoms with van der Waals surface area (Å²) in [6.07, 6.45) is -3.39. The Morgan fingerprint density at radius 2 is 1.57 bits per heavy atom. The maximum atomic E-state index is 13.8. The molecule has 4 heterocycles. The molecule has 35 heavy (non-hydrogen) atoms. The number of piperazine rings is 1. The van der Waals surface area contributed by atoms with Crippen LogP contribution < -0.4 is 0 Å². The van der Waals surface area contributed by atoms with Gasteiger partial charge in [-0.25, -0.2) is 13.9 Å². The zero-order valence-electron chi connectivity index (χ0n) is 18.0. The number of benzene rings is 1. The minimum Gasteiger partial charge on any atom is -0.459 e. The topological polar surface area (TPSA) is 84.0 Å². The van der Waals surface area contributed by atoms with Crippen molar-refractivity contribution in [3.05, 3.63) is 77.8 Å². The van der Waals surface area contributed by atoms with Crippen molar-refractivity contribution in [2.75, 3.05) is 26.2 Å². The van der Waals surface area contributed by atoms with E-state index in [1.54, 1.807) is 12.1 Å². The van der Waals surface area contributed by atoms with E-state index in [-0.39, 0.29) is 60.4 Å². The average molecular weight is 487 g/mol. The third-order valence-electron chi connectivity index (χ3n) is 5.66. The lowest BCUT2D eigenvalue weighted by Crippen LogP contribution is -2.50. The van der Waals surface area contributed by atoms with Crippen LogP contribution in [0, 0.1) is 5.82 Å².